The second kappa shape index (κ2) is 6.41. The van der Waals surface area contributed by atoms with Crippen LogP contribution in [-0.4, -0.2) is 24.6 Å². The fraction of sp³-hybridized carbons (Fsp3) is 0.500. The molecule has 2 rings (SSSR count). The Morgan fingerprint density at radius 3 is 3.00 bits per heavy atom. The van der Waals surface area contributed by atoms with E-state index in [9.17, 15) is 0 Å². The molecule has 1 heterocycles. The molecule has 1 saturated heterocycles. The fourth-order valence-corrected chi connectivity index (χ4v) is 2.56. The van der Waals surface area contributed by atoms with Crippen LogP contribution in [0.4, 0.5) is 0 Å². The minimum Gasteiger partial charge on any atom is -0.493 e. The fourth-order valence-electron chi connectivity index (χ4n) is 2.09. The van der Waals surface area contributed by atoms with E-state index in [0.717, 1.165) is 29.8 Å². The zero-order valence-corrected chi connectivity index (χ0v) is 11.9. The zero-order valence-electron chi connectivity index (χ0n) is 10.3. The monoisotopic (exact) mass is 296 g/mol. The SMILES string of the molecule is Cc1cc(Br)ccc1OCCCN1[CH]CCC1. The van der Waals surface area contributed by atoms with E-state index in [0.29, 0.717) is 0 Å². The molecule has 0 aromatic heterocycles. The lowest BCUT2D eigenvalue weighted by Gasteiger charge is -2.14. The Morgan fingerprint density at radius 2 is 2.29 bits per heavy atom. The first kappa shape index (κ1) is 12.9. The molecule has 17 heavy (non-hydrogen) atoms. The summed E-state index contributed by atoms with van der Waals surface area (Å²) in [5.74, 6) is 0.999. The van der Waals surface area contributed by atoms with E-state index in [1.54, 1.807) is 0 Å². The standard InChI is InChI=1S/C14H19BrNO/c1-12-11-13(15)5-6-14(12)17-10-4-9-16-7-2-3-8-16/h5-7,11H,2-4,8-10H2,1H3. The molecular weight excluding hydrogens is 278 g/mol. The summed E-state index contributed by atoms with van der Waals surface area (Å²) in [5.41, 5.74) is 1.19. The van der Waals surface area contributed by atoms with Gasteiger partial charge in [-0.15, -0.1) is 0 Å². The van der Waals surface area contributed by atoms with E-state index < -0.39 is 0 Å². The van der Waals surface area contributed by atoms with Crippen LogP contribution in [0, 0.1) is 13.5 Å². The summed E-state index contributed by atoms with van der Waals surface area (Å²) < 4.78 is 6.90. The number of hydrogen-bond acceptors (Lipinski definition) is 2. The molecule has 0 saturated carbocycles. The van der Waals surface area contributed by atoms with Crippen molar-refractivity contribution in [1.29, 1.82) is 0 Å². The van der Waals surface area contributed by atoms with Crippen molar-refractivity contribution in [2.45, 2.75) is 26.2 Å². The van der Waals surface area contributed by atoms with E-state index in [2.05, 4.69) is 40.4 Å². The Balaban J connectivity index is 1.70. The van der Waals surface area contributed by atoms with Gasteiger partial charge < -0.3 is 4.74 Å². The van der Waals surface area contributed by atoms with Gasteiger partial charge in [0.05, 0.1) is 6.61 Å². The molecule has 0 unspecified atom stereocenters. The Bertz CT molecular complexity index is 361. The maximum Gasteiger partial charge on any atom is 0.122 e. The van der Waals surface area contributed by atoms with Gasteiger partial charge >= 0.3 is 0 Å². The van der Waals surface area contributed by atoms with E-state index >= 15 is 0 Å². The lowest BCUT2D eigenvalue weighted by Crippen LogP contribution is -2.19. The van der Waals surface area contributed by atoms with Crippen LogP contribution in [0.15, 0.2) is 22.7 Å². The summed E-state index contributed by atoms with van der Waals surface area (Å²) in [4.78, 5) is 2.40. The van der Waals surface area contributed by atoms with Crippen LogP contribution in [-0.2, 0) is 0 Å². The highest BCUT2D eigenvalue weighted by molar-refractivity contribution is 9.10. The number of halogens is 1. The number of rotatable bonds is 5. The summed E-state index contributed by atoms with van der Waals surface area (Å²) in [6.07, 6.45) is 3.64. The Hall–Kier alpha value is -0.540. The largest absolute Gasteiger partial charge is 0.493 e. The highest BCUT2D eigenvalue weighted by Crippen LogP contribution is 2.22. The smallest absolute Gasteiger partial charge is 0.122 e. The maximum absolute atomic E-state index is 5.79. The molecule has 0 bridgehead atoms. The van der Waals surface area contributed by atoms with Crippen molar-refractivity contribution in [3.05, 3.63) is 34.8 Å². The summed E-state index contributed by atoms with van der Waals surface area (Å²) in [5, 5.41) is 0. The minimum atomic E-state index is 0.798. The molecule has 1 aromatic rings. The molecule has 1 aromatic carbocycles. The van der Waals surface area contributed by atoms with Crippen LogP contribution in [0.5, 0.6) is 5.75 Å². The van der Waals surface area contributed by atoms with Crippen molar-refractivity contribution in [2.75, 3.05) is 19.7 Å². The van der Waals surface area contributed by atoms with Gasteiger partial charge in [-0.1, -0.05) is 15.9 Å². The van der Waals surface area contributed by atoms with Crippen LogP contribution >= 0.6 is 15.9 Å². The van der Waals surface area contributed by atoms with Crippen LogP contribution in [0.1, 0.15) is 24.8 Å². The van der Waals surface area contributed by atoms with Crippen molar-refractivity contribution in [3.63, 3.8) is 0 Å². The average Bonchev–Trinajstić information content (AvgIpc) is 2.79. The number of ether oxygens (including phenoxy) is 1. The molecule has 1 radical (unpaired) electrons. The van der Waals surface area contributed by atoms with Crippen LogP contribution in [0.25, 0.3) is 0 Å². The third-order valence-electron chi connectivity index (χ3n) is 3.02. The van der Waals surface area contributed by atoms with E-state index in [-0.39, 0.29) is 0 Å². The summed E-state index contributed by atoms with van der Waals surface area (Å²) >= 11 is 3.46. The Kier molecular flexibility index (Phi) is 4.86. The Labute approximate surface area is 112 Å². The molecule has 3 heteroatoms. The van der Waals surface area contributed by atoms with E-state index in [4.69, 9.17) is 4.74 Å². The summed E-state index contributed by atoms with van der Waals surface area (Å²) in [6, 6.07) is 6.14. The quantitative estimate of drug-likeness (QED) is 0.767. The average molecular weight is 297 g/mol. The van der Waals surface area contributed by atoms with Crippen molar-refractivity contribution < 1.29 is 4.74 Å². The van der Waals surface area contributed by atoms with Crippen LogP contribution in [0.2, 0.25) is 0 Å². The van der Waals surface area contributed by atoms with E-state index in [1.165, 1.54) is 24.9 Å². The third-order valence-corrected chi connectivity index (χ3v) is 3.51. The van der Waals surface area contributed by atoms with Crippen LogP contribution in [0.3, 0.4) is 0 Å². The number of nitrogens with zero attached hydrogens (tertiary/aromatic N) is 1. The van der Waals surface area contributed by atoms with Gasteiger partial charge in [-0.3, -0.25) is 4.90 Å². The van der Waals surface area contributed by atoms with Crippen molar-refractivity contribution >= 4 is 15.9 Å². The summed E-state index contributed by atoms with van der Waals surface area (Å²) in [6.45, 7) is 7.53. The molecule has 0 aliphatic carbocycles. The van der Waals surface area contributed by atoms with E-state index in [1.807, 2.05) is 12.1 Å². The lowest BCUT2D eigenvalue weighted by molar-refractivity contribution is 0.276. The molecule has 2 nitrogen and oxygen atoms in total. The molecular formula is C14H19BrNO. The maximum atomic E-state index is 5.79. The van der Waals surface area contributed by atoms with Crippen molar-refractivity contribution in [2.24, 2.45) is 0 Å². The van der Waals surface area contributed by atoms with Gasteiger partial charge in [0.15, 0.2) is 0 Å². The van der Waals surface area contributed by atoms with Crippen LogP contribution < -0.4 is 4.74 Å². The molecule has 0 amide bonds. The van der Waals surface area contributed by atoms with Crippen molar-refractivity contribution in [1.82, 2.24) is 4.90 Å². The second-order valence-electron chi connectivity index (χ2n) is 4.47. The Morgan fingerprint density at radius 1 is 1.41 bits per heavy atom. The number of hydrogen-bond donors (Lipinski definition) is 0. The molecule has 0 spiro atoms. The highest BCUT2D eigenvalue weighted by atomic mass is 79.9. The first-order valence-corrected chi connectivity index (χ1v) is 7.01. The highest BCUT2D eigenvalue weighted by Gasteiger charge is 2.10. The lowest BCUT2D eigenvalue weighted by atomic mass is 10.2. The predicted molar refractivity (Wildman–Crippen MR) is 74.1 cm³/mol. The van der Waals surface area contributed by atoms with Gasteiger partial charge in [0.1, 0.15) is 5.75 Å². The first-order valence-electron chi connectivity index (χ1n) is 6.22. The van der Waals surface area contributed by atoms with Gasteiger partial charge in [0, 0.05) is 17.6 Å². The first-order chi connectivity index (χ1) is 8.25. The topological polar surface area (TPSA) is 12.5 Å². The normalized spacial score (nSPS) is 16.4. The minimum absolute atomic E-state index is 0.798. The molecule has 1 aliphatic rings. The second-order valence-corrected chi connectivity index (χ2v) is 5.39. The van der Waals surface area contributed by atoms with Gasteiger partial charge in [0.2, 0.25) is 0 Å². The van der Waals surface area contributed by atoms with Crippen molar-refractivity contribution in [3.8, 4) is 5.75 Å². The molecule has 0 N–H and O–H groups in total. The molecule has 1 fully saturated rings. The summed E-state index contributed by atoms with van der Waals surface area (Å²) in [7, 11) is 0. The predicted octanol–water partition coefficient (Wildman–Crippen LogP) is 3.78. The number of benzene rings is 1. The molecule has 1 aliphatic heterocycles. The van der Waals surface area contributed by atoms with Gasteiger partial charge in [-0.2, -0.15) is 0 Å². The number of likely N-dealkylation sites (tertiary alicyclic amines) is 1. The van der Waals surface area contributed by atoms with Gasteiger partial charge in [0.25, 0.3) is 0 Å². The number of aryl methyl sites for hydroxylation is 1. The third kappa shape index (κ3) is 4.00. The van der Waals surface area contributed by atoms with Gasteiger partial charge in [-0.25, -0.2) is 0 Å². The zero-order chi connectivity index (χ0) is 12.1. The molecule has 0 atom stereocenters. The molecule has 93 valence electrons. The van der Waals surface area contributed by atoms with Gasteiger partial charge in [-0.05, 0) is 56.5 Å².